The molecule has 0 saturated carbocycles. The van der Waals surface area contributed by atoms with Gasteiger partial charge in [0, 0.05) is 28.4 Å². The molecule has 1 aliphatic heterocycles. The van der Waals surface area contributed by atoms with Gasteiger partial charge < -0.3 is 20.1 Å². The molecule has 0 unspecified atom stereocenters. The van der Waals surface area contributed by atoms with Gasteiger partial charge in [-0.3, -0.25) is 0 Å². The lowest BCUT2D eigenvalue weighted by Gasteiger charge is -2.19. The van der Waals surface area contributed by atoms with Crippen LogP contribution in [0.15, 0.2) is 47.8 Å². The summed E-state index contributed by atoms with van der Waals surface area (Å²) in [7, 11) is 0. The summed E-state index contributed by atoms with van der Waals surface area (Å²) >= 11 is 1.60. The predicted octanol–water partition coefficient (Wildman–Crippen LogP) is 4.53. The van der Waals surface area contributed by atoms with E-state index in [4.69, 9.17) is 9.47 Å². The molecule has 0 saturated heterocycles. The van der Waals surface area contributed by atoms with Gasteiger partial charge in [0.1, 0.15) is 13.2 Å². The van der Waals surface area contributed by atoms with Crippen LogP contribution in [0, 0.1) is 6.92 Å². The third-order valence-electron chi connectivity index (χ3n) is 3.84. The number of ether oxygens (including phenoxy) is 2. The SMILES string of the molecule is Cc1nc(-c2cccc(NC(=O)Nc3ccc4c(c3)OCCO4)c2)cs1. The Hall–Kier alpha value is -3.06. The van der Waals surface area contributed by atoms with E-state index >= 15 is 0 Å². The fourth-order valence-electron chi connectivity index (χ4n) is 2.67. The van der Waals surface area contributed by atoms with Crippen molar-refractivity contribution >= 4 is 28.7 Å². The van der Waals surface area contributed by atoms with E-state index in [-0.39, 0.29) is 6.03 Å². The first-order valence-electron chi connectivity index (χ1n) is 8.17. The zero-order chi connectivity index (χ0) is 17.9. The van der Waals surface area contributed by atoms with Gasteiger partial charge >= 0.3 is 6.03 Å². The van der Waals surface area contributed by atoms with Crippen LogP contribution in [-0.2, 0) is 0 Å². The summed E-state index contributed by atoms with van der Waals surface area (Å²) in [4.78, 5) is 16.8. The van der Waals surface area contributed by atoms with Crippen LogP contribution < -0.4 is 20.1 Å². The highest BCUT2D eigenvalue weighted by molar-refractivity contribution is 7.09. The maximum absolute atomic E-state index is 12.3. The molecular formula is C19H17N3O3S. The Bertz CT molecular complexity index is 955. The highest BCUT2D eigenvalue weighted by Crippen LogP contribution is 2.32. The van der Waals surface area contributed by atoms with Crippen LogP contribution in [0.2, 0.25) is 0 Å². The Morgan fingerprint density at radius 3 is 2.58 bits per heavy atom. The molecule has 2 amide bonds. The fraction of sp³-hybridized carbons (Fsp3) is 0.158. The van der Waals surface area contributed by atoms with Crippen LogP contribution >= 0.6 is 11.3 Å². The lowest BCUT2D eigenvalue weighted by atomic mass is 10.1. The number of thiazole rings is 1. The number of aryl methyl sites for hydroxylation is 1. The topological polar surface area (TPSA) is 72.5 Å². The minimum absolute atomic E-state index is 0.326. The van der Waals surface area contributed by atoms with E-state index in [1.165, 1.54) is 0 Å². The van der Waals surface area contributed by atoms with Crippen molar-refractivity contribution < 1.29 is 14.3 Å². The van der Waals surface area contributed by atoms with Crippen molar-refractivity contribution in [2.75, 3.05) is 23.8 Å². The van der Waals surface area contributed by atoms with Crippen molar-refractivity contribution in [1.82, 2.24) is 4.98 Å². The van der Waals surface area contributed by atoms with Gasteiger partial charge in [-0.05, 0) is 31.2 Å². The minimum Gasteiger partial charge on any atom is -0.486 e. The summed E-state index contributed by atoms with van der Waals surface area (Å²) in [6.45, 7) is 3.01. The molecule has 0 spiro atoms. The number of aromatic nitrogens is 1. The van der Waals surface area contributed by atoms with Gasteiger partial charge in [-0.1, -0.05) is 12.1 Å². The van der Waals surface area contributed by atoms with Crippen molar-refractivity contribution in [3.8, 4) is 22.8 Å². The number of amides is 2. The number of nitrogens with zero attached hydrogens (tertiary/aromatic N) is 1. The number of anilines is 2. The van der Waals surface area contributed by atoms with Crippen LogP contribution in [0.25, 0.3) is 11.3 Å². The van der Waals surface area contributed by atoms with Crippen LogP contribution in [0.1, 0.15) is 5.01 Å². The monoisotopic (exact) mass is 367 g/mol. The van der Waals surface area contributed by atoms with Gasteiger partial charge in [0.15, 0.2) is 11.5 Å². The standard InChI is InChI=1S/C19H17N3O3S/c1-12-20-16(11-26-12)13-3-2-4-14(9-13)21-19(23)22-15-5-6-17-18(10-15)25-8-7-24-17/h2-6,9-11H,7-8H2,1H3,(H2,21,22,23). The van der Waals surface area contributed by atoms with E-state index in [9.17, 15) is 4.79 Å². The second-order valence-corrected chi connectivity index (χ2v) is 6.83. The number of rotatable bonds is 3. The highest BCUT2D eigenvalue weighted by Gasteiger charge is 2.13. The summed E-state index contributed by atoms with van der Waals surface area (Å²) in [5.74, 6) is 1.32. The zero-order valence-electron chi connectivity index (χ0n) is 14.1. The number of carbonyl (C=O) groups excluding carboxylic acids is 1. The molecule has 0 fully saturated rings. The highest BCUT2D eigenvalue weighted by atomic mass is 32.1. The van der Waals surface area contributed by atoms with Gasteiger partial charge in [-0.2, -0.15) is 0 Å². The molecule has 2 aromatic carbocycles. The smallest absolute Gasteiger partial charge is 0.323 e. The lowest BCUT2D eigenvalue weighted by Crippen LogP contribution is -2.20. The normalized spacial score (nSPS) is 12.5. The first kappa shape index (κ1) is 16.4. The van der Waals surface area contributed by atoms with Crippen LogP contribution in [-0.4, -0.2) is 24.2 Å². The number of carbonyl (C=O) groups is 1. The molecule has 0 radical (unpaired) electrons. The largest absolute Gasteiger partial charge is 0.486 e. The molecule has 0 aliphatic carbocycles. The van der Waals surface area contributed by atoms with Crippen LogP contribution in [0.5, 0.6) is 11.5 Å². The Balaban J connectivity index is 1.45. The molecule has 0 bridgehead atoms. The first-order valence-corrected chi connectivity index (χ1v) is 9.05. The van der Waals surface area contributed by atoms with E-state index in [0.29, 0.717) is 36.1 Å². The third kappa shape index (κ3) is 3.62. The van der Waals surface area contributed by atoms with Crippen molar-refractivity contribution in [2.45, 2.75) is 6.92 Å². The molecule has 6 nitrogen and oxygen atoms in total. The predicted molar refractivity (Wildman–Crippen MR) is 102 cm³/mol. The molecule has 2 heterocycles. The van der Waals surface area contributed by atoms with Gasteiger partial charge in [0.05, 0.1) is 10.7 Å². The Morgan fingerprint density at radius 2 is 1.81 bits per heavy atom. The maximum Gasteiger partial charge on any atom is 0.323 e. The zero-order valence-corrected chi connectivity index (χ0v) is 14.9. The fourth-order valence-corrected chi connectivity index (χ4v) is 3.29. The Labute approximate surface area is 154 Å². The van der Waals surface area contributed by atoms with E-state index < -0.39 is 0 Å². The van der Waals surface area contributed by atoms with Gasteiger partial charge in [0.2, 0.25) is 0 Å². The number of fused-ring (bicyclic) bond motifs is 1. The van der Waals surface area contributed by atoms with E-state index in [0.717, 1.165) is 16.3 Å². The van der Waals surface area contributed by atoms with E-state index in [1.807, 2.05) is 36.6 Å². The molecule has 132 valence electrons. The number of hydrogen-bond acceptors (Lipinski definition) is 5. The van der Waals surface area contributed by atoms with Gasteiger partial charge in [-0.25, -0.2) is 9.78 Å². The van der Waals surface area contributed by atoms with Crippen molar-refractivity contribution in [2.24, 2.45) is 0 Å². The molecule has 3 aromatic rings. The lowest BCUT2D eigenvalue weighted by molar-refractivity contribution is 0.171. The molecule has 4 rings (SSSR count). The molecule has 7 heteroatoms. The van der Waals surface area contributed by atoms with Crippen molar-refractivity contribution in [1.29, 1.82) is 0 Å². The summed E-state index contributed by atoms with van der Waals surface area (Å²) in [5.41, 5.74) is 3.20. The molecule has 0 atom stereocenters. The van der Waals surface area contributed by atoms with Crippen molar-refractivity contribution in [3.05, 3.63) is 52.9 Å². The molecule has 1 aliphatic rings. The Morgan fingerprint density at radius 1 is 1.04 bits per heavy atom. The van der Waals surface area contributed by atoms with E-state index in [2.05, 4.69) is 15.6 Å². The molecule has 1 aromatic heterocycles. The first-order chi connectivity index (χ1) is 12.7. The quantitative estimate of drug-likeness (QED) is 0.713. The third-order valence-corrected chi connectivity index (χ3v) is 4.61. The average molecular weight is 367 g/mol. The number of nitrogens with one attached hydrogen (secondary N) is 2. The molecule has 26 heavy (non-hydrogen) atoms. The van der Waals surface area contributed by atoms with Crippen LogP contribution in [0.4, 0.5) is 16.2 Å². The number of urea groups is 1. The second-order valence-electron chi connectivity index (χ2n) is 5.77. The van der Waals surface area contributed by atoms with E-state index in [1.54, 1.807) is 29.5 Å². The summed E-state index contributed by atoms with van der Waals surface area (Å²) in [6.07, 6.45) is 0. The van der Waals surface area contributed by atoms with Crippen LogP contribution in [0.3, 0.4) is 0 Å². The number of hydrogen-bond donors (Lipinski definition) is 2. The van der Waals surface area contributed by atoms with Crippen molar-refractivity contribution in [3.63, 3.8) is 0 Å². The summed E-state index contributed by atoms with van der Waals surface area (Å²) in [6, 6.07) is 12.6. The summed E-state index contributed by atoms with van der Waals surface area (Å²) in [5, 5.41) is 8.66. The maximum atomic E-state index is 12.3. The van der Waals surface area contributed by atoms with Gasteiger partial charge in [0.25, 0.3) is 0 Å². The average Bonchev–Trinajstić information content (AvgIpc) is 3.08. The summed E-state index contributed by atoms with van der Waals surface area (Å²) < 4.78 is 11.0. The molecule has 2 N–H and O–H groups in total. The molecular weight excluding hydrogens is 350 g/mol. The number of benzene rings is 2. The Kier molecular flexibility index (Phi) is 4.45. The minimum atomic E-state index is -0.326. The second kappa shape index (κ2) is 7.05. The van der Waals surface area contributed by atoms with Gasteiger partial charge in [-0.15, -0.1) is 11.3 Å².